The first-order valence-electron chi connectivity index (χ1n) is 20.7. The maximum absolute atomic E-state index is 15.1. The van der Waals surface area contributed by atoms with Crippen molar-refractivity contribution in [2.24, 2.45) is 0 Å². The summed E-state index contributed by atoms with van der Waals surface area (Å²) in [6.07, 6.45) is -3.03. The molecule has 2 N–H and O–H groups in total. The third kappa shape index (κ3) is 8.90. The van der Waals surface area contributed by atoms with Crippen LogP contribution in [0.3, 0.4) is 0 Å². The average Bonchev–Trinajstić information content (AvgIpc) is 3.34. The molecule has 0 radical (unpaired) electrons. The molecule has 2 amide bonds. The van der Waals surface area contributed by atoms with Crippen LogP contribution in [0.2, 0.25) is 0 Å². The Kier molecular flexibility index (Phi) is 13.1. The standard InChI is InChI=1S/C52H46N2O6P2/c1-57-52-47(54-50(56)42-32-18-20-34-45(42)62(39-27-13-5-14-28-39)40-29-15-6-16-30-40)46(48-43(59-52)35-58-51(60-48)36-21-7-2-8-22-36)53-49(55)41-31-17-19-33-44(41)61(37-23-9-3-10-24-37)38-25-11-4-12-26-38/h2-34,43,46-48,51-52H,35H2,1H3,(H,53,55)(H,54,56)/t43-,46-,47-,48-,51?,52+/m1/s1. The molecule has 1 unspecified atom stereocenters. The second-order valence-corrected chi connectivity index (χ2v) is 19.4. The fraction of sp³-hybridized carbons (Fsp3) is 0.154. The van der Waals surface area contributed by atoms with E-state index in [2.05, 4.69) is 59.2 Å². The van der Waals surface area contributed by atoms with E-state index < -0.39 is 52.7 Å². The molecule has 2 aliphatic heterocycles. The molecule has 0 aliphatic carbocycles. The Labute approximate surface area is 364 Å². The predicted octanol–water partition coefficient (Wildman–Crippen LogP) is 6.59. The first-order chi connectivity index (χ1) is 30.6. The van der Waals surface area contributed by atoms with Crippen molar-refractivity contribution in [2.75, 3.05) is 13.7 Å². The van der Waals surface area contributed by atoms with Crippen molar-refractivity contribution >= 4 is 59.5 Å². The van der Waals surface area contributed by atoms with Crippen molar-refractivity contribution in [1.29, 1.82) is 0 Å². The summed E-state index contributed by atoms with van der Waals surface area (Å²) in [6, 6.07) is 64.7. The van der Waals surface area contributed by atoms with Crippen molar-refractivity contribution in [3.05, 3.63) is 217 Å². The molecule has 8 nitrogen and oxygen atoms in total. The summed E-state index contributed by atoms with van der Waals surface area (Å²) in [6.45, 7) is 0.183. The zero-order valence-electron chi connectivity index (χ0n) is 34.1. The van der Waals surface area contributed by atoms with Gasteiger partial charge in [-0.2, -0.15) is 0 Å². The van der Waals surface area contributed by atoms with Crippen molar-refractivity contribution in [3.63, 3.8) is 0 Å². The molecule has 7 aromatic carbocycles. The number of rotatable bonds is 12. The largest absolute Gasteiger partial charge is 0.354 e. The SMILES string of the molecule is CO[C@H]1O[C@@H]2COC(c3ccccc3)O[C@H]2[C@H](NC(=O)c2ccccc2P(c2ccccc2)c2ccccc2)[C@H]1NC(=O)c1ccccc1P(c1ccccc1)c1ccccc1. The Bertz CT molecular complexity index is 2490. The minimum Gasteiger partial charge on any atom is -0.354 e. The van der Waals surface area contributed by atoms with Crippen molar-refractivity contribution in [2.45, 2.75) is 36.9 Å². The van der Waals surface area contributed by atoms with Gasteiger partial charge in [0.1, 0.15) is 18.2 Å². The van der Waals surface area contributed by atoms with E-state index in [0.717, 1.165) is 37.4 Å². The monoisotopic (exact) mass is 856 g/mol. The first-order valence-corrected chi connectivity index (χ1v) is 23.4. The van der Waals surface area contributed by atoms with E-state index in [1.165, 1.54) is 0 Å². The van der Waals surface area contributed by atoms with Crippen LogP contribution in [0, 0.1) is 0 Å². The third-order valence-corrected chi connectivity index (χ3v) is 16.1. The Hall–Kier alpha value is -5.82. The molecule has 0 aromatic heterocycles. The lowest BCUT2D eigenvalue weighted by Crippen LogP contribution is -2.71. The second-order valence-electron chi connectivity index (χ2n) is 15.0. The number of methoxy groups -OCH3 is 1. The molecule has 310 valence electrons. The van der Waals surface area contributed by atoms with Crippen molar-refractivity contribution in [1.82, 2.24) is 10.6 Å². The minimum absolute atomic E-state index is 0.183. The van der Waals surface area contributed by atoms with E-state index in [4.69, 9.17) is 18.9 Å². The number of nitrogens with one attached hydrogen (secondary N) is 2. The molecule has 2 aliphatic rings. The summed E-state index contributed by atoms with van der Waals surface area (Å²) >= 11 is 0. The number of fused-ring (bicyclic) bond motifs is 1. The lowest BCUT2D eigenvalue weighted by Gasteiger charge is -2.49. The second kappa shape index (κ2) is 19.5. The summed E-state index contributed by atoms with van der Waals surface area (Å²) in [4.78, 5) is 30.1. The molecule has 0 saturated carbocycles. The van der Waals surface area contributed by atoms with Gasteiger partial charge < -0.3 is 29.6 Å². The summed E-state index contributed by atoms with van der Waals surface area (Å²) < 4.78 is 25.6. The molecule has 6 atom stereocenters. The van der Waals surface area contributed by atoms with E-state index in [1.54, 1.807) is 7.11 Å². The summed E-state index contributed by atoms with van der Waals surface area (Å²) in [5.74, 6) is -0.625. The van der Waals surface area contributed by atoms with Gasteiger partial charge >= 0.3 is 0 Å². The van der Waals surface area contributed by atoms with E-state index in [-0.39, 0.29) is 18.4 Å². The third-order valence-electron chi connectivity index (χ3n) is 11.1. The van der Waals surface area contributed by atoms with Crippen molar-refractivity contribution in [3.8, 4) is 0 Å². The van der Waals surface area contributed by atoms with Crippen LogP contribution in [-0.2, 0) is 18.9 Å². The van der Waals surface area contributed by atoms with Crippen LogP contribution in [0.1, 0.15) is 32.6 Å². The van der Waals surface area contributed by atoms with E-state index in [0.29, 0.717) is 11.1 Å². The highest BCUT2D eigenvalue weighted by Crippen LogP contribution is 2.38. The predicted molar refractivity (Wildman–Crippen MR) is 248 cm³/mol. The van der Waals surface area contributed by atoms with Crippen LogP contribution in [0.4, 0.5) is 0 Å². The van der Waals surface area contributed by atoms with Gasteiger partial charge in [0.25, 0.3) is 11.8 Å². The Balaban J connectivity index is 1.10. The number of ether oxygens (including phenoxy) is 4. The summed E-state index contributed by atoms with van der Waals surface area (Å²) in [5.41, 5.74) is 1.88. The summed E-state index contributed by atoms with van der Waals surface area (Å²) in [7, 11) is -0.696. The van der Waals surface area contributed by atoms with Crippen LogP contribution in [0.15, 0.2) is 200 Å². The fourth-order valence-corrected chi connectivity index (χ4v) is 13.2. The molecule has 2 fully saturated rings. The van der Waals surface area contributed by atoms with Crippen molar-refractivity contribution < 1.29 is 28.5 Å². The molecule has 7 aromatic rings. The highest BCUT2D eigenvalue weighted by atomic mass is 31.1. The van der Waals surface area contributed by atoms with Crippen LogP contribution >= 0.6 is 15.8 Å². The van der Waals surface area contributed by atoms with Gasteiger partial charge in [0.15, 0.2) is 12.6 Å². The molecular formula is C52H46N2O6P2. The number of benzene rings is 7. The van der Waals surface area contributed by atoms with E-state index in [1.807, 2.05) is 152 Å². The number of amides is 2. The first kappa shape index (κ1) is 41.5. The van der Waals surface area contributed by atoms with Gasteiger partial charge in [-0.15, -0.1) is 0 Å². The molecule has 2 saturated heterocycles. The smallest absolute Gasteiger partial charge is 0.252 e. The zero-order chi connectivity index (χ0) is 42.3. The summed E-state index contributed by atoms with van der Waals surface area (Å²) in [5, 5.41) is 13.0. The van der Waals surface area contributed by atoms with Crippen LogP contribution in [0.5, 0.6) is 0 Å². The van der Waals surface area contributed by atoms with E-state index in [9.17, 15) is 4.79 Å². The highest BCUT2D eigenvalue weighted by molar-refractivity contribution is 7.80. The Morgan fingerprint density at radius 3 is 1.32 bits per heavy atom. The minimum atomic E-state index is -1.12. The lowest BCUT2D eigenvalue weighted by atomic mass is 9.92. The number of hydrogen-bond acceptors (Lipinski definition) is 6. The van der Waals surface area contributed by atoms with Gasteiger partial charge in [0.05, 0.1) is 12.6 Å². The highest BCUT2D eigenvalue weighted by Gasteiger charge is 2.51. The maximum Gasteiger partial charge on any atom is 0.252 e. The molecule has 2 heterocycles. The van der Waals surface area contributed by atoms with Crippen LogP contribution < -0.4 is 42.5 Å². The van der Waals surface area contributed by atoms with Crippen LogP contribution in [0.25, 0.3) is 0 Å². The Morgan fingerprint density at radius 1 is 0.500 bits per heavy atom. The number of hydrogen-bond donors (Lipinski definition) is 2. The van der Waals surface area contributed by atoms with Gasteiger partial charge in [-0.1, -0.05) is 188 Å². The van der Waals surface area contributed by atoms with Gasteiger partial charge in [0, 0.05) is 23.8 Å². The molecule has 0 spiro atoms. The quantitative estimate of drug-likeness (QED) is 0.135. The number of carbonyl (C=O) groups is 2. The molecular weight excluding hydrogens is 811 g/mol. The normalized spacial score (nSPS) is 20.9. The van der Waals surface area contributed by atoms with E-state index >= 15 is 4.79 Å². The fourth-order valence-electron chi connectivity index (χ4n) is 8.27. The van der Waals surface area contributed by atoms with Gasteiger partial charge in [-0.25, -0.2) is 0 Å². The average molecular weight is 857 g/mol. The van der Waals surface area contributed by atoms with Gasteiger partial charge in [-0.3, -0.25) is 9.59 Å². The Morgan fingerprint density at radius 2 is 0.887 bits per heavy atom. The van der Waals surface area contributed by atoms with Crippen LogP contribution in [-0.4, -0.2) is 56.1 Å². The maximum atomic E-state index is 15.1. The molecule has 62 heavy (non-hydrogen) atoms. The lowest BCUT2D eigenvalue weighted by molar-refractivity contribution is -0.324. The van der Waals surface area contributed by atoms with Gasteiger partial charge in [0.2, 0.25) is 0 Å². The topological polar surface area (TPSA) is 95.1 Å². The number of carbonyl (C=O) groups excluding carboxylic acids is 2. The molecule has 0 bridgehead atoms. The molecule has 9 rings (SSSR count). The van der Waals surface area contributed by atoms with Gasteiger partial charge in [-0.05, 0) is 59.8 Å². The molecule has 10 heteroatoms. The zero-order valence-corrected chi connectivity index (χ0v) is 35.9.